The Hall–Kier alpha value is -1.65. The predicted octanol–water partition coefficient (Wildman–Crippen LogP) is 2.95. The van der Waals surface area contributed by atoms with Gasteiger partial charge in [-0.3, -0.25) is 4.79 Å². The lowest BCUT2D eigenvalue weighted by Gasteiger charge is -2.28. The van der Waals surface area contributed by atoms with Gasteiger partial charge in [-0.2, -0.15) is 0 Å². The van der Waals surface area contributed by atoms with Crippen molar-refractivity contribution in [1.82, 2.24) is 14.9 Å². The summed E-state index contributed by atoms with van der Waals surface area (Å²) in [5.74, 6) is 0.677. The molecule has 0 aliphatic carbocycles. The third kappa shape index (κ3) is 4.47. The van der Waals surface area contributed by atoms with Crippen LogP contribution >= 0.6 is 0 Å². The highest BCUT2D eigenvalue weighted by Gasteiger charge is 2.21. The molecule has 112 valence electrons. The summed E-state index contributed by atoms with van der Waals surface area (Å²) in [4.78, 5) is 22.9. The van der Waals surface area contributed by atoms with E-state index in [9.17, 15) is 4.79 Å². The summed E-state index contributed by atoms with van der Waals surface area (Å²) in [5.41, 5.74) is 0.419. The molecule has 1 N–H and O–H groups in total. The topological polar surface area (TPSA) is 58.1 Å². The number of hydrogen-bond donors (Lipinski definition) is 1. The van der Waals surface area contributed by atoms with Gasteiger partial charge in [0.1, 0.15) is 11.5 Å². The second-order valence-electron chi connectivity index (χ2n) is 4.93. The van der Waals surface area contributed by atoms with E-state index >= 15 is 0 Å². The fraction of sp³-hybridized carbons (Fsp3) is 0.667. The molecule has 1 amide bonds. The van der Waals surface area contributed by atoms with Gasteiger partial charge in [-0.15, -0.1) is 0 Å². The molecule has 20 heavy (non-hydrogen) atoms. The van der Waals surface area contributed by atoms with Crippen LogP contribution in [-0.2, 0) is 0 Å². The molecule has 1 rings (SSSR count). The summed E-state index contributed by atoms with van der Waals surface area (Å²) >= 11 is 0. The fourth-order valence-corrected chi connectivity index (χ4v) is 1.93. The van der Waals surface area contributed by atoms with Crippen molar-refractivity contribution in [2.45, 2.75) is 53.0 Å². The zero-order valence-electron chi connectivity index (χ0n) is 13.0. The number of hydrogen-bond acceptors (Lipinski definition) is 4. The van der Waals surface area contributed by atoms with E-state index in [-0.39, 0.29) is 11.9 Å². The molecule has 0 saturated heterocycles. The lowest BCUT2D eigenvalue weighted by molar-refractivity contribution is 0.0679. The van der Waals surface area contributed by atoms with Crippen LogP contribution in [0.25, 0.3) is 0 Å². The SMILES string of the molecule is CCCCN(C(=O)c1cnc(NCC)cn1)C(C)CC. The monoisotopic (exact) mass is 278 g/mol. The maximum absolute atomic E-state index is 12.5. The van der Waals surface area contributed by atoms with E-state index in [1.807, 2.05) is 11.8 Å². The Labute approximate surface area is 121 Å². The molecule has 0 aliphatic rings. The van der Waals surface area contributed by atoms with Gasteiger partial charge in [-0.05, 0) is 26.7 Å². The quantitative estimate of drug-likeness (QED) is 0.794. The fourth-order valence-electron chi connectivity index (χ4n) is 1.93. The van der Waals surface area contributed by atoms with E-state index in [1.165, 1.54) is 0 Å². The van der Waals surface area contributed by atoms with Crippen LogP contribution in [0, 0.1) is 0 Å². The first-order valence-electron chi connectivity index (χ1n) is 7.50. The maximum atomic E-state index is 12.5. The molecule has 1 aromatic heterocycles. The van der Waals surface area contributed by atoms with Crippen LogP contribution in [0.3, 0.4) is 0 Å². The molecule has 1 unspecified atom stereocenters. The minimum atomic E-state index is -0.0247. The first-order valence-corrected chi connectivity index (χ1v) is 7.50. The summed E-state index contributed by atoms with van der Waals surface area (Å²) < 4.78 is 0. The molecular weight excluding hydrogens is 252 g/mol. The van der Waals surface area contributed by atoms with E-state index in [1.54, 1.807) is 12.4 Å². The van der Waals surface area contributed by atoms with Crippen LogP contribution in [0.4, 0.5) is 5.82 Å². The summed E-state index contributed by atoms with van der Waals surface area (Å²) in [5, 5.41) is 3.07. The van der Waals surface area contributed by atoms with Crippen LogP contribution < -0.4 is 5.32 Å². The highest BCUT2D eigenvalue weighted by Crippen LogP contribution is 2.11. The normalized spacial score (nSPS) is 12.0. The molecule has 0 radical (unpaired) electrons. The number of unbranched alkanes of at least 4 members (excludes halogenated alkanes) is 1. The number of amides is 1. The molecule has 0 spiro atoms. The number of carbonyl (C=O) groups excluding carboxylic acids is 1. The van der Waals surface area contributed by atoms with Gasteiger partial charge < -0.3 is 10.2 Å². The molecule has 0 saturated carbocycles. The van der Waals surface area contributed by atoms with Gasteiger partial charge in [0, 0.05) is 19.1 Å². The molecule has 0 aliphatic heterocycles. The van der Waals surface area contributed by atoms with E-state index in [2.05, 4.69) is 36.1 Å². The number of nitrogens with zero attached hydrogens (tertiary/aromatic N) is 3. The number of rotatable bonds is 8. The molecule has 0 bridgehead atoms. The zero-order valence-corrected chi connectivity index (χ0v) is 13.0. The van der Waals surface area contributed by atoms with E-state index in [0.29, 0.717) is 11.5 Å². The first-order chi connectivity index (χ1) is 9.63. The van der Waals surface area contributed by atoms with Crippen molar-refractivity contribution in [2.24, 2.45) is 0 Å². The van der Waals surface area contributed by atoms with E-state index in [4.69, 9.17) is 0 Å². The van der Waals surface area contributed by atoms with Gasteiger partial charge >= 0.3 is 0 Å². The lowest BCUT2D eigenvalue weighted by Crippen LogP contribution is -2.39. The standard InChI is InChI=1S/C15H26N4O/c1-5-8-9-19(12(4)6-2)15(20)13-10-18-14(11-17-13)16-7-3/h10-12H,5-9H2,1-4H3,(H,16,18). The minimum absolute atomic E-state index is 0.0247. The number of aromatic nitrogens is 2. The van der Waals surface area contributed by atoms with Crippen molar-refractivity contribution in [2.75, 3.05) is 18.4 Å². The van der Waals surface area contributed by atoms with Crippen LogP contribution in [0.1, 0.15) is 57.4 Å². The lowest BCUT2D eigenvalue weighted by atomic mass is 10.2. The Morgan fingerprint density at radius 3 is 2.55 bits per heavy atom. The second-order valence-corrected chi connectivity index (χ2v) is 4.93. The third-order valence-corrected chi connectivity index (χ3v) is 3.37. The molecule has 0 fully saturated rings. The Bertz CT molecular complexity index is 405. The average molecular weight is 278 g/mol. The molecule has 1 heterocycles. The molecule has 0 aromatic carbocycles. The Morgan fingerprint density at radius 1 is 1.30 bits per heavy atom. The average Bonchev–Trinajstić information content (AvgIpc) is 2.48. The minimum Gasteiger partial charge on any atom is -0.369 e. The van der Waals surface area contributed by atoms with Crippen molar-refractivity contribution in [3.05, 3.63) is 18.1 Å². The van der Waals surface area contributed by atoms with E-state index in [0.717, 1.165) is 32.4 Å². The van der Waals surface area contributed by atoms with Crippen LogP contribution in [0.2, 0.25) is 0 Å². The van der Waals surface area contributed by atoms with Gasteiger partial charge in [0.25, 0.3) is 5.91 Å². The summed E-state index contributed by atoms with van der Waals surface area (Å²) in [6.07, 6.45) is 6.20. The Kier molecular flexibility index (Phi) is 6.98. The van der Waals surface area contributed by atoms with Crippen LogP contribution in [0.15, 0.2) is 12.4 Å². The second kappa shape index (κ2) is 8.51. The summed E-state index contributed by atoms with van der Waals surface area (Å²) in [6.45, 7) is 9.86. The van der Waals surface area contributed by atoms with Crippen LogP contribution in [0.5, 0.6) is 0 Å². The van der Waals surface area contributed by atoms with Gasteiger partial charge in [-0.1, -0.05) is 20.3 Å². The zero-order chi connectivity index (χ0) is 15.0. The van der Waals surface area contributed by atoms with Crippen LogP contribution in [-0.4, -0.2) is 39.9 Å². The molecule has 5 nitrogen and oxygen atoms in total. The first kappa shape index (κ1) is 16.4. The number of carbonyl (C=O) groups is 1. The van der Waals surface area contributed by atoms with Gasteiger partial charge in [0.05, 0.1) is 12.4 Å². The number of anilines is 1. The van der Waals surface area contributed by atoms with Crippen molar-refractivity contribution >= 4 is 11.7 Å². The maximum Gasteiger partial charge on any atom is 0.274 e. The number of nitrogens with one attached hydrogen (secondary N) is 1. The van der Waals surface area contributed by atoms with Gasteiger partial charge in [-0.25, -0.2) is 9.97 Å². The van der Waals surface area contributed by atoms with E-state index < -0.39 is 0 Å². The van der Waals surface area contributed by atoms with Crippen molar-refractivity contribution in [1.29, 1.82) is 0 Å². The summed E-state index contributed by atoms with van der Waals surface area (Å²) in [7, 11) is 0. The highest BCUT2D eigenvalue weighted by molar-refractivity contribution is 5.92. The molecule has 5 heteroatoms. The predicted molar refractivity (Wildman–Crippen MR) is 81.9 cm³/mol. The van der Waals surface area contributed by atoms with Gasteiger partial charge in [0.2, 0.25) is 0 Å². The Morgan fingerprint density at radius 2 is 2.05 bits per heavy atom. The van der Waals surface area contributed by atoms with Crippen molar-refractivity contribution < 1.29 is 4.79 Å². The third-order valence-electron chi connectivity index (χ3n) is 3.37. The summed E-state index contributed by atoms with van der Waals surface area (Å²) in [6, 6.07) is 0.226. The van der Waals surface area contributed by atoms with Crippen molar-refractivity contribution in [3.8, 4) is 0 Å². The smallest absolute Gasteiger partial charge is 0.274 e. The molecule has 1 aromatic rings. The molecule has 1 atom stereocenters. The van der Waals surface area contributed by atoms with Crippen molar-refractivity contribution in [3.63, 3.8) is 0 Å². The Balaban J connectivity index is 2.82. The largest absolute Gasteiger partial charge is 0.369 e. The van der Waals surface area contributed by atoms with Gasteiger partial charge in [0.15, 0.2) is 0 Å². The highest BCUT2D eigenvalue weighted by atomic mass is 16.2. The molecular formula is C15H26N4O.